The van der Waals surface area contributed by atoms with Gasteiger partial charge in [-0.2, -0.15) is 0 Å². The average Bonchev–Trinajstić information content (AvgIpc) is 2.26. The van der Waals surface area contributed by atoms with Crippen LogP contribution in [0.2, 0.25) is 5.15 Å². The molecule has 0 aliphatic carbocycles. The van der Waals surface area contributed by atoms with Crippen LogP contribution in [0.25, 0.3) is 0 Å². The number of carboxylic acids is 1. The minimum absolute atomic E-state index is 0.211. The zero-order valence-corrected chi connectivity index (χ0v) is 11.0. The molecule has 0 aromatic carbocycles. The van der Waals surface area contributed by atoms with Crippen LogP contribution in [-0.4, -0.2) is 28.0 Å². The third-order valence-corrected chi connectivity index (χ3v) is 2.56. The van der Waals surface area contributed by atoms with Crippen molar-refractivity contribution in [2.75, 3.05) is 0 Å². The first kappa shape index (κ1) is 14.4. The van der Waals surface area contributed by atoms with Crippen molar-refractivity contribution >= 4 is 23.5 Å². The van der Waals surface area contributed by atoms with Gasteiger partial charge in [0.2, 0.25) is 0 Å². The first-order valence-electron chi connectivity index (χ1n) is 5.62. The van der Waals surface area contributed by atoms with E-state index in [4.69, 9.17) is 16.7 Å². The van der Waals surface area contributed by atoms with Crippen molar-refractivity contribution in [3.8, 4) is 0 Å². The van der Waals surface area contributed by atoms with Gasteiger partial charge in [0.05, 0.1) is 0 Å². The molecule has 5 nitrogen and oxygen atoms in total. The summed E-state index contributed by atoms with van der Waals surface area (Å²) in [6.45, 7) is 3.57. The van der Waals surface area contributed by atoms with E-state index in [0.717, 1.165) is 0 Å². The molecule has 0 saturated heterocycles. The molecule has 98 valence electrons. The number of halogens is 1. The van der Waals surface area contributed by atoms with Gasteiger partial charge < -0.3 is 10.4 Å². The van der Waals surface area contributed by atoms with Crippen molar-refractivity contribution in [2.45, 2.75) is 32.7 Å². The lowest BCUT2D eigenvalue weighted by Gasteiger charge is -2.13. The Labute approximate surface area is 110 Å². The zero-order valence-electron chi connectivity index (χ0n) is 10.2. The fourth-order valence-electron chi connectivity index (χ4n) is 1.55. The molecule has 6 heteroatoms. The summed E-state index contributed by atoms with van der Waals surface area (Å²) in [5, 5.41) is 11.6. The van der Waals surface area contributed by atoms with Gasteiger partial charge in [-0.15, -0.1) is 0 Å². The van der Waals surface area contributed by atoms with E-state index in [1.165, 1.54) is 6.07 Å². The number of aromatic nitrogens is 1. The number of rotatable bonds is 5. The van der Waals surface area contributed by atoms with Gasteiger partial charge in [0.15, 0.2) is 0 Å². The van der Waals surface area contributed by atoms with Gasteiger partial charge in [0, 0.05) is 11.3 Å². The molecule has 0 aliphatic heterocycles. The molecule has 18 heavy (non-hydrogen) atoms. The average molecular weight is 271 g/mol. The molecule has 0 spiro atoms. The van der Waals surface area contributed by atoms with Crippen LogP contribution in [0.3, 0.4) is 0 Å². The molecule has 1 heterocycles. The molecular formula is C12H15ClN2O3. The smallest absolute Gasteiger partial charge is 0.326 e. The highest BCUT2D eigenvalue weighted by Gasteiger charge is 2.19. The van der Waals surface area contributed by atoms with E-state index in [9.17, 15) is 9.59 Å². The van der Waals surface area contributed by atoms with E-state index in [1.807, 2.05) is 6.92 Å². The number of carboxylic acid groups (broad SMARTS) is 1. The summed E-state index contributed by atoms with van der Waals surface area (Å²) in [5.74, 6) is -1.50. The summed E-state index contributed by atoms with van der Waals surface area (Å²) < 4.78 is 0. The minimum Gasteiger partial charge on any atom is -0.480 e. The van der Waals surface area contributed by atoms with Crippen molar-refractivity contribution in [1.29, 1.82) is 0 Å². The molecule has 1 aromatic rings. The maximum atomic E-state index is 11.9. The quantitative estimate of drug-likeness (QED) is 0.803. The van der Waals surface area contributed by atoms with E-state index in [2.05, 4.69) is 10.3 Å². The number of hydrogen-bond acceptors (Lipinski definition) is 3. The largest absolute Gasteiger partial charge is 0.480 e. The molecule has 0 fully saturated rings. The first-order chi connectivity index (χ1) is 8.43. The molecule has 2 N–H and O–H groups in total. The SMILES string of the molecule is CCC[C@H](NC(=O)c1cc(C)nc(Cl)c1)C(=O)O. The summed E-state index contributed by atoms with van der Waals surface area (Å²) >= 11 is 5.75. The maximum Gasteiger partial charge on any atom is 0.326 e. The molecule has 1 atom stereocenters. The van der Waals surface area contributed by atoms with Gasteiger partial charge in [0.25, 0.3) is 5.91 Å². The lowest BCUT2D eigenvalue weighted by molar-refractivity contribution is -0.139. The van der Waals surface area contributed by atoms with Crippen molar-refractivity contribution in [1.82, 2.24) is 10.3 Å². The number of hydrogen-bond donors (Lipinski definition) is 2. The standard InChI is InChI=1S/C12H15ClN2O3/c1-3-4-9(12(17)18)15-11(16)8-5-7(2)14-10(13)6-8/h5-6,9H,3-4H2,1-2H3,(H,15,16)(H,17,18)/t9-/m0/s1. The summed E-state index contributed by atoms with van der Waals surface area (Å²) in [6.07, 6.45) is 1.06. The summed E-state index contributed by atoms with van der Waals surface area (Å²) in [6, 6.07) is 2.09. The van der Waals surface area contributed by atoms with Crippen LogP contribution in [0.15, 0.2) is 12.1 Å². The van der Waals surface area contributed by atoms with Crippen molar-refractivity contribution < 1.29 is 14.7 Å². The third-order valence-electron chi connectivity index (χ3n) is 2.37. The summed E-state index contributed by atoms with van der Waals surface area (Å²) in [5.41, 5.74) is 0.921. The van der Waals surface area contributed by atoms with Gasteiger partial charge in [-0.25, -0.2) is 9.78 Å². The van der Waals surface area contributed by atoms with E-state index < -0.39 is 17.9 Å². The van der Waals surface area contributed by atoms with Crippen LogP contribution >= 0.6 is 11.6 Å². The maximum absolute atomic E-state index is 11.9. The van der Waals surface area contributed by atoms with Gasteiger partial charge in [-0.05, 0) is 25.5 Å². The Hall–Kier alpha value is -1.62. The minimum atomic E-state index is -1.04. The van der Waals surface area contributed by atoms with Crippen LogP contribution in [-0.2, 0) is 4.79 Å². The normalized spacial score (nSPS) is 11.9. The Morgan fingerprint density at radius 1 is 1.50 bits per heavy atom. The van der Waals surface area contributed by atoms with E-state index in [0.29, 0.717) is 24.1 Å². The number of pyridine rings is 1. The van der Waals surface area contributed by atoms with Gasteiger partial charge in [-0.3, -0.25) is 4.79 Å². The van der Waals surface area contributed by atoms with Gasteiger partial charge in [0.1, 0.15) is 11.2 Å². The molecule has 0 saturated carbocycles. The fourth-order valence-corrected chi connectivity index (χ4v) is 1.80. The predicted octanol–water partition coefficient (Wildman–Crippen LogP) is 2.03. The molecular weight excluding hydrogens is 256 g/mol. The molecule has 1 rings (SSSR count). The van der Waals surface area contributed by atoms with Crippen LogP contribution in [0, 0.1) is 6.92 Å². The molecule has 1 amide bonds. The van der Waals surface area contributed by atoms with Gasteiger partial charge in [-0.1, -0.05) is 24.9 Å². The highest BCUT2D eigenvalue weighted by Crippen LogP contribution is 2.11. The number of nitrogens with zero attached hydrogens (tertiary/aromatic N) is 1. The Morgan fingerprint density at radius 2 is 2.17 bits per heavy atom. The lowest BCUT2D eigenvalue weighted by Crippen LogP contribution is -2.40. The second-order valence-electron chi connectivity index (χ2n) is 3.97. The number of carbonyl (C=O) groups excluding carboxylic acids is 1. The number of nitrogens with one attached hydrogen (secondary N) is 1. The monoisotopic (exact) mass is 270 g/mol. The Balaban J connectivity index is 2.83. The predicted molar refractivity (Wildman–Crippen MR) is 67.8 cm³/mol. The Bertz CT molecular complexity index is 442. The molecule has 0 unspecified atom stereocenters. The second-order valence-corrected chi connectivity index (χ2v) is 4.36. The first-order valence-corrected chi connectivity index (χ1v) is 5.99. The third kappa shape index (κ3) is 4.00. The number of aryl methyl sites for hydroxylation is 1. The number of carbonyl (C=O) groups is 2. The van der Waals surface area contributed by atoms with E-state index in [1.54, 1.807) is 13.0 Å². The highest BCUT2D eigenvalue weighted by atomic mass is 35.5. The lowest BCUT2D eigenvalue weighted by atomic mass is 10.1. The Kier molecular flexibility index (Phi) is 5.09. The number of aliphatic carboxylic acids is 1. The van der Waals surface area contributed by atoms with Crippen molar-refractivity contribution in [3.63, 3.8) is 0 Å². The molecule has 0 radical (unpaired) electrons. The summed E-state index contributed by atoms with van der Waals surface area (Å²) in [7, 11) is 0. The fraction of sp³-hybridized carbons (Fsp3) is 0.417. The van der Waals surface area contributed by atoms with Gasteiger partial charge >= 0.3 is 5.97 Å². The van der Waals surface area contributed by atoms with Crippen molar-refractivity contribution in [3.05, 3.63) is 28.5 Å². The van der Waals surface area contributed by atoms with Crippen molar-refractivity contribution in [2.24, 2.45) is 0 Å². The van der Waals surface area contributed by atoms with Crippen LogP contribution in [0.1, 0.15) is 35.8 Å². The topological polar surface area (TPSA) is 79.3 Å². The summed E-state index contributed by atoms with van der Waals surface area (Å²) in [4.78, 5) is 26.8. The van der Waals surface area contributed by atoms with E-state index in [-0.39, 0.29) is 5.15 Å². The van der Waals surface area contributed by atoms with E-state index >= 15 is 0 Å². The highest BCUT2D eigenvalue weighted by molar-refractivity contribution is 6.29. The zero-order chi connectivity index (χ0) is 13.7. The van der Waals surface area contributed by atoms with Crippen LogP contribution in [0.5, 0.6) is 0 Å². The Morgan fingerprint density at radius 3 is 2.67 bits per heavy atom. The van der Waals surface area contributed by atoms with Crippen LogP contribution in [0.4, 0.5) is 0 Å². The molecule has 0 aliphatic rings. The van der Waals surface area contributed by atoms with Crippen LogP contribution < -0.4 is 5.32 Å². The molecule has 0 bridgehead atoms. The molecule has 1 aromatic heterocycles. The second kappa shape index (κ2) is 6.35. The number of amides is 1.